The van der Waals surface area contributed by atoms with E-state index in [4.69, 9.17) is 0 Å². The van der Waals surface area contributed by atoms with Gasteiger partial charge in [-0.3, -0.25) is 0 Å². The summed E-state index contributed by atoms with van der Waals surface area (Å²) in [5.41, 5.74) is 3.90. The molecule has 0 fully saturated rings. The van der Waals surface area contributed by atoms with Crippen LogP contribution in [0.25, 0.3) is 0 Å². The molecule has 122 valence electrons. The Hall–Kier alpha value is -3.54. The summed E-state index contributed by atoms with van der Waals surface area (Å²) in [6, 6.07) is 20.9. The van der Waals surface area contributed by atoms with E-state index >= 15 is 0 Å². The number of benzene rings is 3. The average Bonchev–Trinajstić information content (AvgIpc) is 2.70. The van der Waals surface area contributed by atoms with E-state index in [0.29, 0.717) is 17.1 Å². The first kappa shape index (κ1) is 16.3. The maximum atomic E-state index is 10.6. The van der Waals surface area contributed by atoms with Crippen molar-refractivity contribution in [2.24, 2.45) is 15.5 Å². The minimum Gasteiger partial charge on any atom is -0.145 e. The third kappa shape index (κ3) is 3.53. The molecule has 3 aromatic carbocycles. The zero-order valence-electron chi connectivity index (χ0n) is 13.1. The monoisotopic (exact) mass is 331 g/mol. The van der Waals surface area contributed by atoms with E-state index in [2.05, 4.69) is 15.5 Å². The molecule has 0 aliphatic carbocycles. The van der Waals surface area contributed by atoms with Crippen LogP contribution in [0.3, 0.4) is 0 Å². The number of nitrogens with zero attached hydrogens (tertiary/aromatic N) is 3. The fourth-order valence-corrected chi connectivity index (χ4v) is 2.76. The topological polar surface area (TPSA) is 88.3 Å². The highest BCUT2D eigenvalue weighted by Crippen LogP contribution is 2.34. The number of rotatable bonds is 6. The minimum atomic E-state index is -0.137. The zero-order chi connectivity index (χ0) is 17.6. The van der Waals surface area contributed by atoms with Crippen molar-refractivity contribution < 1.29 is 0 Å². The number of hydrogen-bond acceptors (Lipinski definition) is 6. The Morgan fingerprint density at radius 3 is 0.880 bits per heavy atom. The maximum absolute atomic E-state index is 10.6. The Morgan fingerprint density at radius 1 is 0.440 bits per heavy atom. The highest BCUT2D eigenvalue weighted by atomic mass is 16.3. The summed E-state index contributed by atoms with van der Waals surface area (Å²) in [6.45, 7) is 0. The molecule has 0 heterocycles. The van der Waals surface area contributed by atoms with Crippen LogP contribution in [0.2, 0.25) is 0 Å². The lowest BCUT2D eigenvalue weighted by Crippen LogP contribution is -2.03. The van der Waals surface area contributed by atoms with Gasteiger partial charge in [-0.25, -0.2) is 0 Å². The minimum absolute atomic E-state index is 0.137. The Bertz CT molecular complexity index is 766. The number of nitroso groups, excluding NO2 is 3. The van der Waals surface area contributed by atoms with Crippen LogP contribution in [-0.2, 0) is 0 Å². The molecular formula is C19H13N3O3. The normalized spacial score (nSPS) is 10.4. The molecule has 0 saturated carbocycles. The lowest BCUT2D eigenvalue weighted by atomic mass is 9.85. The molecule has 3 rings (SSSR count). The molecule has 0 radical (unpaired) electrons. The molecule has 0 N–H and O–H groups in total. The van der Waals surface area contributed by atoms with Crippen molar-refractivity contribution in [1.29, 1.82) is 0 Å². The van der Waals surface area contributed by atoms with E-state index in [1.165, 1.54) is 0 Å². The van der Waals surface area contributed by atoms with Crippen LogP contribution in [0.4, 0.5) is 17.1 Å². The van der Waals surface area contributed by atoms with Crippen LogP contribution in [0, 0.1) is 14.7 Å². The zero-order valence-corrected chi connectivity index (χ0v) is 13.1. The van der Waals surface area contributed by atoms with Gasteiger partial charge in [0.05, 0.1) is 0 Å². The third-order valence-corrected chi connectivity index (χ3v) is 4.00. The summed E-state index contributed by atoms with van der Waals surface area (Å²) in [6.07, 6.45) is 0. The standard InChI is InChI=1S/C19H13N3O3/c23-20-16-7-1-13(2-8-16)19(14-3-9-17(21-24)10-4-14)15-5-11-18(22-25)12-6-15/h1-12,19H. The Kier molecular flexibility index (Phi) is 4.80. The van der Waals surface area contributed by atoms with Crippen LogP contribution < -0.4 is 0 Å². The van der Waals surface area contributed by atoms with Gasteiger partial charge in [0.1, 0.15) is 17.1 Å². The second-order valence-corrected chi connectivity index (χ2v) is 5.48. The van der Waals surface area contributed by atoms with Gasteiger partial charge in [0.25, 0.3) is 0 Å². The molecule has 0 aromatic heterocycles. The van der Waals surface area contributed by atoms with Crippen molar-refractivity contribution in [3.63, 3.8) is 0 Å². The predicted molar refractivity (Wildman–Crippen MR) is 96.6 cm³/mol. The van der Waals surface area contributed by atoms with E-state index in [1.54, 1.807) is 36.4 Å². The van der Waals surface area contributed by atoms with Gasteiger partial charge >= 0.3 is 0 Å². The largest absolute Gasteiger partial charge is 0.145 e. The second-order valence-electron chi connectivity index (χ2n) is 5.48. The Morgan fingerprint density at radius 2 is 0.680 bits per heavy atom. The second kappa shape index (κ2) is 7.35. The summed E-state index contributed by atoms with van der Waals surface area (Å²) in [7, 11) is 0. The molecule has 25 heavy (non-hydrogen) atoms. The highest BCUT2D eigenvalue weighted by Gasteiger charge is 2.17. The summed E-state index contributed by atoms with van der Waals surface area (Å²) >= 11 is 0. The van der Waals surface area contributed by atoms with Crippen LogP contribution in [0.1, 0.15) is 22.6 Å². The first-order valence-electron chi connectivity index (χ1n) is 7.55. The van der Waals surface area contributed by atoms with Gasteiger partial charge in [-0.05, 0) is 68.6 Å². The van der Waals surface area contributed by atoms with E-state index in [0.717, 1.165) is 16.7 Å². The van der Waals surface area contributed by atoms with E-state index < -0.39 is 0 Å². The van der Waals surface area contributed by atoms with Crippen LogP contribution in [-0.4, -0.2) is 0 Å². The summed E-state index contributed by atoms with van der Waals surface area (Å²) < 4.78 is 0. The van der Waals surface area contributed by atoms with E-state index in [1.807, 2.05) is 36.4 Å². The predicted octanol–water partition coefficient (Wildman–Crippen LogP) is 6.06. The molecular weight excluding hydrogens is 318 g/mol. The highest BCUT2D eigenvalue weighted by molar-refractivity contribution is 5.51. The molecule has 0 bridgehead atoms. The lowest BCUT2D eigenvalue weighted by molar-refractivity contribution is 0.977. The molecule has 3 aromatic rings. The third-order valence-electron chi connectivity index (χ3n) is 4.00. The van der Waals surface area contributed by atoms with Gasteiger partial charge < -0.3 is 0 Å². The molecule has 6 nitrogen and oxygen atoms in total. The molecule has 0 aliphatic rings. The molecule has 0 unspecified atom stereocenters. The lowest BCUT2D eigenvalue weighted by Gasteiger charge is -2.19. The molecule has 0 saturated heterocycles. The van der Waals surface area contributed by atoms with Crippen molar-refractivity contribution in [2.45, 2.75) is 5.92 Å². The molecule has 0 amide bonds. The van der Waals surface area contributed by atoms with Gasteiger partial charge in [0.15, 0.2) is 0 Å². The van der Waals surface area contributed by atoms with Crippen molar-refractivity contribution in [3.05, 3.63) is 104 Å². The van der Waals surface area contributed by atoms with Gasteiger partial charge in [-0.1, -0.05) is 36.4 Å². The molecule has 0 atom stereocenters. The van der Waals surface area contributed by atoms with Gasteiger partial charge in [-0.2, -0.15) is 0 Å². The average molecular weight is 331 g/mol. The van der Waals surface area contributed by atoms with Crippen molar-refractivity contribution in [2.75, 3.05) is 0 Å². The first-order valence-corrected chi connectivity index (χ1v) is 7.55. The molecule has 6 heteroatoms. The van der Waals surface area contributed by atoms with Gasteiger partial charge in [0, 0.05) is 5.92 Å². The van der Waals surface area contributed by atoms with Crippen molar-refractivity contribution in [3.8, 4) is 0 Å². The molecule has 0 spiro atoms. The number of hydrogen-bond donors (Lipinski definition) is 0. The van der Waals surface area contributed by atoms with Gasteiger partial charge in [-0.15, -0.1) is 14.7 Å². The quantitative estimate of drug-likeness (QED) is 0.406. The van der Waals surface area contributed by atoms with Gasteiger partial charge in [0.2, 0.25) is 0 Å². The van der Waals surface area contributed by atoms with E-state index in [9.17, 15) is 14.7 Å². The summed E-state index contributed by atoms with van der Waals surface area (Å²) in [4.78, 5) is 31.9. The Balaban J connectivity index is 2.09. The smallest absolute Gasteiger partial charge is 0.108 e. The van der Waals surface area contributed by atoms with Crippen LogP contribution >= 0.6 is 0 Å². The maximum Gasteiger partial charge on any atom is 0.108 e. The fraction of sp³-hybridized carbons (Fsp3) is 0.0526. The summed E-state index contributed by atoms with van der Waals surface area (Å²) in [5, 5.41) is 8.75. The van der Waals surface area contributed by atoms with Crippen LogP contribution in [0.5, 0.6) is 0 Å². The van der Waals surface area contributed by atoms with Crippen molar-refractivity contribution >= 4 is 17.1 Å². The van der Waals surface area contributed by atoms with Crippen LogP contribution in [0.15, 0.2) is 88.3 Å². The molecule has 0 aliphatic heterocycles. The summed E-state index contributed by atoms with van der Waals surface area (Å²) in [5.74, 6) is -0.137. The fourth-order valence-electron chi connectivity index (χ4n) is 2.76. The Labute approximate surface area is 143 Å². The van der Waals surface area contributed by atoms with E-state index in [-0.39, 0.29) is 5.92 Å². The van der Waals surface area contributed by atoms with Crippen molar-refractivity contribution in [1.82, 2.24) is 0 Å². The SMILES string of the molecule is O=Nc1ccc(C(c2ccc(N=O)cc2)c2ccc(N=O)cc2)cc1. The first-order chi connectivity index (χ1) is 12.2.